The van der Waals surface area contributed by atoms with E-state index in [9.17, 15) is 0 Å². The molecule has 0 aromatic carbocycles. The van der Waals surface area contributed by atoms with Gasteiger partial charge in [0.1, 0.15) is 0 Å². The summed E-state index contributed by atoms with van der Waals surface area (Å²) in [6.45, 7) is -2.85. The second-order valence-electron chi connectivity index (χ2n) is 1.10. The number of thiophene rings is 1. The van der Waals surface area contributed by atoms with Crippen LogP contribution in [-0.4, -0.2) is 0 Å². The first-order valence-electron chi connectivity index (χ1n) is 5.35. The van der Waals surface area contributed by atoms with E-state index in [0.717, 1.165) is 11.3 Å². The van der Waals surface area contributed by atoms with Gasteiger partial charge in [0.2, 0.25) is 0 Å². The van der Waals surface area contributed by atoms with E-state index in [4.69, 9.17) is 9.60 Å². The fourth-order valence-corrected chi connectivity index (χ4v) is 1.19. The summed E-state index contributed by atoms with van der Waals surface area (Å²) in [5.74, 6) is 0. The monoisotopic (exact) mass is 197 g/mol. The van der Waals surface area contributed by atoms with Gasteiger partial charge >= 0.3 is 0 Å². The fraction of sp³-hybridized carbons (Fsp3) is 0.333. The third kappa shape index (κ3) is 1.12. The number of halogens is 1. The second-order valence-corrected chi connectivity index (χ2v) is 3.24. The Morgan fingerprint density at radius 1 is 2.25 bits per heavy atom. The molecule has 2 heteroatoms. The van der Waals surface area contributed by atoms with Crippen molar-refractivity contribution in [3.05, 3.63) is 20.7 Å². The Bertz CT molecular complexity index is 380. The fourth-order valence-electron chi connectivity index (χ4n) is 0.302. The topological polar surface area (TPSA) is 0 Å². The molecule has 0 atom stereocenters. The standard InChI is InChI=1S/C6H7BrS/c1-2-5-3-4-8-6(5)7/h3-4H,2H2,1H3/i1D3,2D2,3D,4D. The van der Waals surface area contributed by atoms with Crippen LogP contribution in [0.5, 0.6) is 0 Å². The Morgan fingerprint density at radius 2 is 3.12 bits per heavy atom. The van der Waals surface area contributed by atoms with Crippen molar-refractivity contribution in [2.24, 2.45) is 0 Å². The van der Waals surface area contributed by atoms with Crippen LogP contribution in [0, 0.1) is 0 Å². The van der Waals surface area contributed by atoms with Crippen molar-refractivity contribution in [3.63, 3.8) is 0 Å². The molecule has 0 saturated heterocycles. The lowest BCUT2D eigenvalue weighted by atomic mass is 10.3. The summed E-state index contributed by atoms with van der Waals surface area (Å²) in [7, 11) is 0. The molecule has 8 heavy (non-hydrogen) atoms. The highest BCUT2D eigenvalue weighted by Gasteiger charge is 1.94. The van der Waals surface area contributed by atoms with Gasteiger partial charge in [0.05, 0.1) is 6.53 Å². The normalized spacial score (nSPS) is 25.9. The molecular weight excluding hydrogens is 184 g/mol. The Balaban J connectivity index is 3.39. The first-order valence-corrected chi connectivity index (χ1v) is 3.46. The molecule has 0 amide bonds. The van der Waals surface area contributed by atoms with Crippen LogP contribution in [0.1, 0.15) is 22.0 Å². The van der Waals surface area contributed by atoms with Crippen LogP contribution < -0.4 is 0 Å². The van der Waals surface area contributed by atoms with E-state index in [1.807, 2.05) is 0 Å². The number of rotatable bonds is 1. The van der Waals surface area contributed by atoms with Crippen molar-refractivity contribution < 1.29 is 9.60 Å². The van der Waals surface area contributed by atoms with Crippen molar-refractivity contribution in [2.75, 3.05) is 0 Å². The van der Waals surface area contributed by atoms with Gasteiger partial charge < -0.3 is 0 Å². The molecule has 44 valence electrons. The average molecular weight is 198 g/mol. The molecule has 0 bridgehead atoms. The third-order valence-electron chi connectivity index (χ3n) is 0.638. The molecule has 1 heterocycles. The molecule has 1 aromatic heterocycles. The molecule has 0 aliphatic rings. The van der Waals surface area contributed by atoms with Gasteiger partial charge in [-0.3, -0.25) is 0 Å². The third-order valence-corrected chi connectivity index (χ3v) is 2.11. The zero-order valence-electron chi connectivity index (χ0n) is 10.8. The van der Waals surface area contributed by atoms with Crippen LogP contribution in [-0.2, 0) is 6.37 Å². The molecule has 0 N–H and O–H groups in total. The van der Waals surface area contributed by atoms with Crippen LogP contribution in [0.25, 0.3) is 0 Å². The van der Waals surface area contributed by atoms with E-state index >= 15 is 0 Å². The minimum Gasteiger partial charge on any atom is -0.137 e. The summed E-state index contributed by atoms with van der Waals surface area (Å²) < 4.78 is 51.2. The second kappa shape index (κ2) is 2.65. The molecule has 1 rings (SSSR count). The highest BCUT2D eigenvalue weighted by atomic mass is 79.9. The lowest BCUT2D eigenvalue weighted by Gasteiger charge is -1.85. The Hall–Kier alpha value is 0.180. The van der Waals surface area contributed by atoms with E-state index in [0.29, 0.717) is 0 Å². The van der Waals surface area contributed by atoms with Crippen LogP contribution in [0.4, 0.5) is 0 Å². The summed E-state index contributed by atoms with van der Waals surface area (Å²) in [6, 6.07) is -0.368. The first kappa shape index (κ1) is 1.83. The van der Waals surface area contributed by atoms with E-state index in [-0.39, 0.29) is 20.7 Å². The van der Waals surface area contributed by atoms with Crippen molar-refractivity contribution >= 4 is 27.3 Å². The number of hydrogen-bond donors (Lipinski definition) is 0. The minimum absolute atomic E-state index is 0.148. The van der Waals surface area contributed by atoms with Gasteiger partial charge in [-0.05, 0) is 39.3 Å². The molecule has 0 unspecified atom stereocenters. The predicted octanol–water partition coefficient (Wildman–Crippen LogP) is 3.07. The van der Waals surface area contributed by atoms with Crippen LogP contribution in [0.2, 0.25) is 0 Å². The molecule has 0 aliphatic heterocycles. The minimum atomic E-state index is -2.85. The Labute approximate surface area is 71.5 Å². The average Bonchev–Trinajstić information content (AvgIpc) is 2.24. The quantitative estimate of drug-likeness (QED) is 0.650. The van der Waals surface area contributed by atoms with E-state index in [1.54, 1.807) is 0 Å². The summed E-state index contributed by atoms with van der Waals surface area (Å²) in [5.41, 5.74) is -0.266. The highest BCUT2D eigenvalue weighted by molar-refractivity contribution is 9.11. The zero-order valence-corrected chi connectivity index (χ0v) is 6.19. The maximum Gasteiger partial charge on any atom is 0.0740 e. The van der Waals surface area contributed by atoms with E-state index in [1.165, 1.54) is 0 Å². The van der Waals surface area contributed by atoms with Gasteiger partial charge in [-0.25, -0.2) is 0 Å². The van der Waals surface area contributed by atoms with Gasteiger partial charge in [-0.1, -0.05) is 6.85 Å². The predicted molar refractivity (Wildman–Crippen MR) is 41.4 cm³/mol. The maximum atomic E-state index is 7.49. The summed E-state index contributed by atoms with van der Waals surface area (Å²) >= 11 is 3.83. The molecule has 1 aromatic rings. The van der Waals surface area contributed by atoms with E-state index < -0.39 is 13.2 Å². The van der Waals surface area contributed by atoms with Crippen LogP contribution >= 0.6 is 27.3 Å². The van der Waals surface area contributed by atoms with Gasteiger partial charge in [0.25, 0.3) is 0 Å². The van der Waals surface area contributed by atoms with Gasteiger partial charge in [-0.2, -0.15) is 0 Å². The Kier molecular flexibility index (Phi) is 0.605. The van der Waals surface area contributed by atoms with Crippen LogP contribution in [0.15, 0.2) is 15.2 Å². The summed E-state index contributed by atoms with van der Waals surface area (Å²) in [6.07, 6.45) is -2.61. The van der Waals surface area contributed by atoms with Crippen molar-refractivity contribution in [3.8, 4) is 0 Å². The largest absolute Gasteiger partial charge is 0.137 e. The number of hydrogen-bond acceptors (Lipinski definition) is 1. The van der Waals surface area contributed by atoms with Gasteiger partial charge in [0.15, 0.2) is 0 Å². The zero-order chi connectivity index (χ0) is 12.0. The molecule has 0 radical (unpaired) electrons. The SMILES string of the molecule is [2H]c1sc(Br)c(C([2H])([2H])C([2H])([2H])[2H])c1[2H]. The molecule has 0 saturated carbocycles. The van der Waals surface area contributed by atoms with Gasteiger partial charge in [0, 0.05) is 6.85 Å². The van der Waals surface area contributed by atoms with Crippen molar-refractivity contribution in [1.82, 2.24) is 0 Å². The molecule has 0 spiro atoms. The van der Waals surface area contributed by atoms with Gasteiger partial charge in [-0.15, -0.1) is 11.3 Å². The van der Waals surface area contributed by atoms with Crippen LogP contribution in [0.3, 0.4) is 0 Å². The highest BCUT2D eigenvalue weighted by Crippen LogP contribution is 2.23. The maximum absolute atomic E-state index is 7.49. The lowest BCUT2D eigenvalue weighted by Crippen LogP contribution is -1.70. The molecule has 0 aliphatic carbocycles. The molecular formula is C6H7BrS. The Morgan fingerprint density at radius 3 is 3.62 bits per heavy atom. The van der Waals surface area contributed by atoms with Crippen molar-refractivity contribution in [2.45, 2.75) is 13.2 Å². The molecule has 0 nitrogen and oxygen atoms in total. The smallest absolute Gasteiger partial charge is 0.0740 e. The lowest BCUT2D eigenvalue weighted by molar-refractivity contribution is 1.15. The molecule has 0 fully saturated rings. The first-order chi connectivity index (χ1) is 6.59. The van der Waals surface area contributed by atoms with E-state index in [2.05, 4.69) is 15.9 Å². The summed E-state index contributed by atoms with van der Waals surface area (Å²) in [4.78, 5) is 0. The van der Waals surface area contributed by atoms with Crippen molar-refractivity contribution in [1.29, 1.82) is 0 Å². The summed E-state index contributed by atoms with van der Waals surface area (Å²) in [5, 5.41) is -0.148.